The highest BCUT2D eigenvalue weighted by Crippen LogP contribution is 2.07. The third kappa shape index (κ3) is 4.53. The molecule has 1 N–H and O–H groups in total. The van der Waals surface area contributed by atoms with Crippen LogP contribution in [0.5, 0.6) is 0 Å². The van der Waals surface area contributed by atoms with Gasteiger partial charge in [0.15, 0.2) is 0 Å². The second kappa shape index (κ2) is 8.86. The summed E-state index contributed by atoms with van der Waals surface area (Å²) in [6, 6.07) is 12.3. The first-order valence-corrected chi connectivity index (χ1v) is 9.66. The van der Waals surface area contributed by atoms with Crippen molar-refractivity contribution in [3.63, 3.8) is 0 Å². The van der Waals surface area contributed by atoms with E-state index in [2.05, 4.69) is 10.4 Å². The van der Waals surface area contributed by atoms with Crippen molar-refractivity contribution < 1.29 is 9.18 Å². The van der Waals surface area contributed by atoms with Gasteiger partial charge in [-0.1, -0.05) is 36.8 Å². The Balaban J connectivity index is 2.18. The Morgan fingerprint density at radius 3 is 2.50 bits per heavy atom. The lowest BCUT2D eigenvalue weighted by Gasteiger charge is -2.14. The summed E-state index contributed by atoms with van der Waals surface area (Å²) in [5.41, 5.74) is 0.0697. The van der Waals surface area contributed by atoms with Gasteiger partial charge in [0.2, 0.25) is 5.69 Å². The number of hydrogen-bond donors (Lipinski definition) is 1. The van der Waals surface area contributed by atoms with Gasteiger partial charge >= 0.3 is 5.69 Å². The van der Waals surface area contributed by atoms with Crippen LogP contribution in [-0.4, -0.2) is 26.3 Å². The number of halogens is 1. The first kappa shape index (κ1) is 21.2. The topological polar surface area (TPSA) is 86.0 Å². The summed E-state index contributed by atoms with van der Waals surface area (Å²) in [4.78, 5) is 38.7. The number of carbonyl (C=O) groups excluding carboxylic acids is 1. The smallest absolute Gasteiger partial charge is 0.348 e. The van der Waals surface area contributed by atoms with Crippen LogP contribution in [0.4, 0.5) is 4.39 Å². The summed E-state index contributed by atoms with van der Waals surface area (Å²) < 4.78 is 15.2. The fourth-order valence-corrected chi connectivity index (χ4v) is 2.93. The quantitative estimate of drug-likeness (QED) is 0.676. The summed E-state index contributed by atoms with van der Waals surface area (Å²) in [7, 11) is 0. The van der Waals surface area contributed by atoms with E-state index < -0.39 is 28.7 Å². The molecule has 8 heteroatoms. The molecule has 0 unspecified atom stereocenters. The number of rotatable bonds is 6. The zero-order valence-electron chi connectivity index (χ0n) is 17.1. The number of nitrogens with one attached hydrogen (secondary N) is 1. The van der Waals surface area contributed by atoms with E-state index in [0.29, 0.717) is 6.42 Å². The van der Waals surface area contributed by atoms with Crippen molar-refractivity contribution in [3.05, 3.63) is 92.0 Å². The van der Waals surface area contributed by atoms with E-state index in [-0.39, 0.29) is 18.3 Å². The van der Waals surface area contributed by atoms with Crippen LogP contribution < -0.4 is 16.6 Å². The minimum Gasteiger partial charge on any atom is -0.348 e. The van der Waals surface area contributed by atoms with Gasteiger partial charge in [-0.2, -0.15) is 9.78 Å². The fourth-order valence-electron chi connectivity index (χ4n) is 2.93. The summed E-state index contributed by atoms with van der Waals surface area (Å²) in [5, 5.41) is 6.72. The molecular weight excluding hydrogens is 387 g/mol. The monoisotopic (exact) mass is 410 g/mol. The highest BCUT2D eigenvalue weighted by Gasteiger charge is 2.21. The van der Waals surface area contributed by atoms with Gasteiger partial charge in [0.25, 0.3) is 11.5 Å². The number of aromatic nitrogens is 3. The molecule has 0 fully saturated rings. The van der Waals surface area contributed by atoms with Crippen molar-refractivity contribution in [2.75, 3.05) is 0 Å². The summed E-state index contributed by atoms with van der Waals surface area (Å²) in [6.45, 7) is 5.58. The molecule has 156 valence electrons. The molecule has 0 saturated heterocycles. The van der Waals surface area contributed by atoms with E-state index in [4.69, 9.17) is 0 Å². The Bertz CT molecular complexity index is 1180. The number of hydrogen-bond acceptors (Lipinski definition) is 4. The van der Waals surface area contributed by atoms with Crippen LogP contribution in [0.15, 0.2) is 58.1 Å². The third-order valence-electron chi connectivity index (χ3n) is 4.76. The molecule has 7 nitrogen and oxygen atoms in total. The van der Waals surface area contributed by atoms with Crippen molar-refractivity contribution in [2.24, 2.45) is 0 Å². The van der Waals surface area contributed by atoms with Crippen molar-refractivity contribution >= 4 is 5.91 Å². The molecule has 1 aromatic heterocycles. The summed E-state index contributed by atoms with van der Waals surface area (Å²) in [6.07, 6.45) is 0.667. The molecule has 0 bridgehead atoms. The van der Waals surface area contributed by atoms with Crippen LogP contribution >= 0.6 is 0 Å². The van der Waals surface area contributed by atoms with Gasteiger partial charge in [-0.25, -0.2) is 9.18 Å². The molecule has 2 aromatic carbocycles. The molecule has 0 spiro atoms. The van der Waals surface area contributed by atoms with Crippen molar-refractivity contribution in [2.45, 2.75) is 39.8 Å². The normalized spacial score (nSPS) is 11.9. The zero-order valence-corrected chi connectivity index (χ0v) is 17.1. The minimum absolute atomic E-state index is 0.0212. The predicted molar refractivity (Wildman–Crippen MR) is 112 cm³/mol. The molecule has 30 heavy (non-hydrogen) atoms. The van der Waals surface area contributed by atoms with E-state index in [9.17, 15) is 18.8 Å². The van der Waals surface area contributed by atoms with Crippen LogP contribution in [0, 0.1) is 12.7 Å². The highest BCUT2D eigenvalue weighted by atomic mass is 19.1. The summed E-state index contributed by atoms with van der Waals surface area (Å²) in [5.74, 6) is -1.14. The molecule has 1 amide bonds. The largest absolute Gasteiger partial charge is 0.352 e. The maximum Gasteiger partial charge on any atom is 0.352 e. The van der Waals surface area contributed by atoms with E-state index in [1.807, 2.05) is 32.0 Å². The van der Waals surface area contributed by atoms with Crippen LogP contribution in [0.2, 0.25) is 0 Å². The second-order valence-electron chi connectivity index (χ2n) is 7.18. The van der Waals surface area contributed by atoms with Gasteiger partial charge in [0.05, 0.1) is 12.2 Å². The van der Waals surface area contributed by atoms with Crippen molar-refractivity contribution in [1.29, 1.82) is 0 Å². The van der Waals surface area contributed by atoms with Gasteiger partial charge in [-0.15, -0.1) is 0 Å². The average molecular weight is 410 g/mol. The molecule has 0 radical (unpaired) electrons. The SMILES string of the molecule is CC[C@H](C)NC(=O)c1nn(-c2ccc(F)cc2)c(=O)n(Cc2cccc(C)c2)c1=O. The average Bonchev–Trinajstić information content (AvgIpc) is 2.72. The first-order valence-electron chi connectivity index (χ1n) is 9.66. The van der Waals surface area contributed by atoms with E-state index in [1.165, 1.54) is 24.3 Å². The van der Waals surface area contributed by atoms with Gasteiger partial charge in [0.1, 0.15) is 5.82 Å². The molecule has 1 atom stereocenters. The van der Waals surface area contributed by atoms with Crippen LogP contribution in [0.3, 0.4) is 0 Å². The molecule has 0 aliphatic heterocycles. The first-order chi connectivity index (χ1) is 14.3. The molecule has 3 rings (SSSR count). The number of nitrogens with zero attached hydrogens (tertiary/aromatic N) is 3. The van der Waals surface area contributed by atoms with Gasteiger partial charge in [0, 0.05) is 6.04 Å². The number of amides is 1. The van der Waals surface area contributed by atoms with Crippen LogP contribution in [-0.2, 0) is 6.54 Å². The van der Waals surface area contributed by atoms with E-state index in [0.717, 1.165) is 20.4 Å². The van der Waals surface area contributed by atoms with Crippen molar-refractivity contribution in [3.8, 4) is 5.69 Å². The van der Waals surface area contributed by atoms with E-state index >= 15 is 0 Å². The Labute approximate surface area is 172 Å². The van der Waals surface area contributed by atoms with Crippen LogP contribution in [0.1, 0.15) is 41.9 Å². The molecular formula is C22H23FN4O3. The van der Waals surface area contributed by atoms with Crippen LogP contribution in [0.25, 0.3) is 5.69 Å². The molecule has 1 heterocycles. The van der Waals surface area contributed by atoms with Gasteiger partial charge in [-0.05, 0) is 50.1 Å². The standard InChI is InChI=1S/C22H23FN4O3/c1-4-15(3)24-20(28)19-21(29)26(13-16-7-5-6-14(2)12-16)22(30)27(25-19)18-10-8-17(23)9-11-18/h5-12,15H,4,13H2,1-3H3,(H,24,28)/t15-/m0/s1. The minimum atomic E-state index is -0.777. The Hall–Kier alpha value is -3.55. The maximum atomic E-state index is 13.3. The number of aryl methyl sites for hydroxylation is 1. The highest BCUT2D eigenvalue weighted by molar-refractivity contribution is 5.91. The lowest BCUT2D eigenvalue weighted by molar-refractivity contribution is 0.0929. The Morgan fingerprint density at radius 1 is 1.17 bits per heavy atom. The number of carbonyl (C=O) groups is 1. The third-order valence-corrected chi connectivity index (χ3v) is 4.76. The summed E-state index contributed by atoms with van der Waals surface area (Å²) >= 11 is 0. The molecule has 0 saturated carbocycles. The Kier molecular flexibility index (Phi) is 6.25. The van der Waals surface area contributed by atoms with Gasteiger partial charge < -0.3 is 5.32 Å². The lowest BCUT2D eigenvalue weighted by Crippen LogP contribution is -2.47. The molecule has 0 aliphatic rings. The van der Waals surface area contributed by atoms with E-state index in [1.54, 1.807) is 13.0 Å². The maximum absolute atomic E-state index is 13.3. The fraction of sp³-hybridized carbons (Fsp3) is 0.273. The number of benzene rings is 2. The predicted octanol–water partition coefficient (Wildman–Crippen LogP) is 2.42. The second-order valence-corrected chi connectivity index (χ2v) is 7.18. The zero-order chi connectivity index (χ0) is 21.8. The van der Waals surface area contributed by atoms with Gasteiger partial charge in [-0.3, -0.25) is 14.2 Å². The lowest BCUT2D eigenvalue weighted by atomic mass is 10.1. The van der Waals surface area contributed by atoms with Crippen molar-refractivity contribution in [1.82, 2.24) is 19.7 Å². The Morgan fingerprint density at radius 2 is 1.87 bits per heavy atom. The molecule has 0 aliphatic carbocycles. The molecule has 3 aromatic rings.